The molecule has 0 aliphatic carbocycles. The highest BCUT2D eigenvalue weighted by Crippen LogP contribution is 2.36. The minimum absolute atomic E-state index is 0.226. The number of esters is 1. The number of ether oxygens (including phenoxy) is 4. The molecular formula is C35H44ClN3O5. The monoisotopic (exact) mass is 621 g/mol. The molecule has 0 aliphatic heterocycles. The van der Waals surface area contributed by atoms with E-state index >= 15 is 0 Å². The summed E-state index contributed by atoms with van der Waals surface area (Å²) in [7, 11) is 1.34. The summed E-state index contributed by atoms with van der Waals surface area (Å²) in [4.78, 5) is 19.4. The van der Waals surface area contributed by atoms with E-state index in [2.05, 4.69) is 36.3 Å². The summed E-state index contributed by atoms with van der Waals surface area (Å²) in [5.74, 6) is 2.25. The maximum absolute atomic E-state index is 12.0. The molecule has 8 nitrogen and oxygen atoms in total. The fourth-order valence-electron chi connectivity index (χ4n) is 5.03. The number of halogens is 1. The Labute approximate surface area is 265 Å². The fourth-order valence-corrected chi connectivity index (χ4v) is 5.24. The SMILES string of the molecule is CCCCn1c(-c2ccc(OCCc3cccc(Cl)c3)cc2OCC(=O)OC)nc2ccc(OCCCN(CC)CC)cc21. The van der Waals surface area contributed by atoms with Gasteiger partial charge in [0.15, 0.2) is 6.61 Å². The zero-order chi connectivity index (χ0) is 31.3. The molecule has 4 rings (SSSR count). The average Bonchev–Trinajstić information content (AvgIpc) is 3.40. The minimum Gasteiger partial charge on any atom is -0.493 e. The van der Waals surface area contributed by atoms with E-state index in [1.807, 2.05) is 54.6 Å². The third-order valence-electron chi connectivity index (χ3n) is 7.55. The van der Waals surface area contributed by atoms with Gasteiger partial charge in [-0.05, 0) is 67.9 Å². The molecule has 1 aromatic heterocycles. The molecule has 0 radical (unpaired) electrons. The highest BCUT2D eigenvalue weighted by molar-refractivity contribution is 6.30. The maximum atomic E-state index is 12.0. The van der Waals surface area contributed by atoms with Crippen LogP contribution >= 0.6 is 11.6 Å². The Kier molecular flexibility index (Phi) is 12.8. The van der Waals surface area contributed by atoms with Crippen LogP contribution in [0, 0.1) is 0 Å². The number of unbranched alkanes of at least 4 members (excludes halogenated alkanes) is 1. The highest BCUT2D eigenvalue weighted by Gasteiger charge is 2.19. The normalized spacial score (nSPS) is 11.2. The van der Waals surface area contributed by atoms with Gasteiger partial charge in [-0.15, -0.1) is 0 Å². The van der Waals surface area contributed by atoms with Crippen LogP contribution in [-0.4, -0.2) is 67.0 Å². The highest BCUT2D eigenvalue weighted by atomic mass is 35.5. The van der Waals surface area contributed by atoms with E-state index in [0.29, 0.717) is 36.2 Å². The van der Waals surface area contributed by atoms with E-state index in [0.717, 1.165) is 79.2 Å². The van der Waals surface area contributed by atoms with Crippen molar-refractivity contribution in [2.75, 3.05) is 46.6 Å². The van der Waals surface area contributed by atoms with Gasteiger partial charge in [0.1, 0.15) is 23.1 Å². The topological polar surface area (TPSA) is 75.0 Å². The molecule has 0 amide bonds. The molecule has 0 spiro atoms. The second-order valence-corrected chi connectivity index (χ2v) is 11.0. The molecule has 3 aromatic carbocycles. The van der Waals surface area contributed by atoms with Crippen molar-refractivity contribution < 1.29 is 23.7 Å². The molecule has 0 unspecified atom stereocenters. The van der Waals surface area contributed by atoms with Crippen LogP contribution < -0.4 is 14.2 Å². The van der Waals surface area contributed by atoms with Gasteiger partial charge in [-0.25, -0.2) is 9.78 Å². The summed E-state index contributed by atoms with van der Waals surface area (Å²) >= 11 is 6.13. The summed E-state index contributed by atoms with van der Waals surface area (Å²) in [6.45, 7) is 11.3. The van der Waals surface area contributed by atoms with Gasteiger partial charge in [-0.3, -0.25) is 0 Å². The van der Waals surface area contributed by atoms with E-state index in [4.69, 9.17) is 35.5 Å². The lowest BCUT2D eigenvalue weighted by Crippen LogP contribution is -2.25. The molecule has 1 heterocycles. The lowest BCUT2D eigenvalue weighted by atomic mass is 10.1. The molecule has 0 aliphatic rings. The molecular weight excluding hydrogens is 578 g/mol. The van der Waals surface area contributed by atoms with Gasteiger partial charge in [0.05, 0.1) is 36.9 Å². The van der Waals surface area contributed by atoms with Crippen LogP contribution in [0.1, 0.15) is 45.6 Å². The molecule has 0 saturated heterocycles. The van der Waals surface area contributed by atoms with Crippen LogP contribution in [0.3, 0.4) is 0 Å². The zero-order valence-corrected chi connectivity index (χ0v) is 27.1. The number of methoxy groups -OCH3 is 1. The third kappa shape index (κ3) is 9.13. The molecule has 0 saturated carbocycles. The second kappa shape index (κ2) is 16.9. The number of carbonyl (C=O) groups excluding carboxylic acids is 1. The molecule has 9 heteroatoms. The first-order chi connectivity index (χ1) is 21.4. The van der Waals surface area contributed by atoms with Crippen molar-refractivity contribution in [3.8, 4) is 28.6 Å². The molecule has 44 heavy (non-hydrogen) atoms. The molecule has 0 N–H and O–H groups in total. The number of carbonyl (C=O) groups is 1. The predicted molar refractivity (Wildman–Crippen MR) is 176 cm³/mol. The molecule has 0 bridgehead atoms. The van der Waals surface area contributed by atoms with E-state index in [1.165, 1.54) is 7.11 Å². The van der Waals surface area contributed by atoms with Crippen molar-refractivity contribution in [2.45, 2.75) is 53.0 Å². The smallest absolute Gasteiger partial charge is 0.343 e. The molecule has 0 fully saturated rings. The Morgan fingerprint density at radius 3 is 2.43 bits per heavy atom. The van der Waals surface area contributed by atoms with Crippen molar-refractivity contribution in [2.24, 2.45) is 0 Å². The van der Waals surface area contributed by atoms with Gasteiger partial charge < -0.3 is 28.4 Å². The first-order valence-electron chi connectivity index (χ1n) is 15.5. The number of nitrogens with zero attached hydrogens (tertiary/aromatic N) is 3. The van der Waals surface area contributed by atoms with Crippen LogP contribution in [0.5, 0.6) is 17.2 Å². The second-order valence-electron chi connectivity index (χ2n) is 10.6. The number of fused-ring (bicyclic) bond motifs is 1. The predicted octanol–water partition coefficient (Wildman–Crippen LogP) is 7.44. The van der Waals surface area contributed by atoms with Crippen molar-refractivity contribution in [1.82, 2.24) is 14.5 Å². The Morgan fingerprint density at radius 1 is 0.909 bits per heavy atom. The summed E-state index contributed by atoms with van der Waals surface area (Å²) in [5, 5.41) is 0.699. The number of rotatable bonds is 18. The van der Waals surface area contributed by atoms with E-state index < -0.39 is 5.97 Å². The Morgan fingerprint density at radius 2 is 1.68 bits per heavy atom. The van der Waals surface area contributed by atoms with Gasteiger partial charge in [0.25, 0.3) is 0 Å². The number of hydrogen-bond donors (Lipinski definition) is 0. The van der Waals surface area contributed by atoms with Crippen molar-refractivity contribution in [1.29, 1.82) is 0 Å². The van der Waals surface area contributed by atoms with E-state index in [9.17, 15) is 4.79 Å². The molecule has 236 valence electrons. The fraction of sp³-hybridized carbons (Fsp3) is 0.429. The van der Waals surface area contributed by atoms with Gasteiger partial charge in [-0.2, -0.15) is 0 Å². The Balaban J connectivity index is 1.60. The lowest BCUT2D eigenvalue weighted by Gasteiger charge is -2.17. The summed E-state index contributed by atoms with van der Waals surface area (Å²) in [5.41, 5.74) is 3.72. The quantitative estimate of drug-likeness (QED) is 0.0844. The minimum atomic E-state index is -0.467. The lowest BCUT2D eigenvalue weighted by molar-refractivity contribution is -0.142. The average molecular weight is 622 g/mol. The Hall–Kier alpha value is -3.75. The third-order valence-corrected chi connectivity index (χ3v) is 7.79. The van der Waals surface area contributed by atoms with Crippen molar-refractivity contribution >= 4 is 28.6 Å². The number of benzene rings is 3. The Bertz CT molecular complexity index is 1500. The van der Waals surface area contributed by atoms with Gasteiger partial charge >= 0.3 is 5.97 Å². The number of imidazole rings is 1. The van der Waals surface area contributed by atoms with E-state index in [1.54, 1.807) is 0 Å². The molecule has 4 aromatic rings. The van der Waals surface area contributed by atoms with Crippen LogP contribution in [0.4, 0.5) is 0 Å². The number of aromatic nitrogens is 2. The summed E-state index contributed by atoms with van der Waals surface area (Å²) < 4.78 is 25.3. The van der Waals surface area contributed by atoms with Crippen LogP contribution in [0.25, 0.3) is 22.4 Å². The van der Waals surface area contributed by atoms with E-state index in [-0.39, 0.29) is 6.61 Å². The van der Waals surface area contributed by atoms with Crippen LogP contribution in [0.15, 0.2) is 60.7 Å². The van der Waals surface area contributed by atoms with Gasteiger partial charge in [0, 0.05) is 36.7 Å². The van der Waals surface area contributed by atoms with Crippen LogP contribution in [-0.2, 0) is 22.5 Å². The van der Waals surface area contributed by atoms with Gasteiger partial charge in [0.2, 0.25) is 0 Å². The van der Waals surface area contributed by atoms with Crippen molar-refractivity contribution in [3.63, 3.8) is 0 Å². The summed E-state index contributed by atoms with van der Waals surface area (Å²) in [6.07, 6.45) is 3.68. The zero-order valence-electron chi connectivity index (χ0n) is 26.3. The standard InChI is InChI=1S/C35H44ClN3O5/c1-5-8-19-39-32-23-28(42-20-10-18-38(6-2)7-3)14-16-31(32)37-35(39)30-15-13-29(24-33(30)44-25-34(40)41-4)43-21-17-26-11-9-12-27(36)22-26/h9,11-16,22-24H,5-8,10,17-21,25H2,1-4H3. The number of hydrogen-bond acceptors (Lipinski definition) is 7. The summed E-state index contributed by atoms with van der Waals surface area (Å²) in [6, 6.07) is 19.4. The van der Waals surface area contributed by atoms with Gasteiger partial charge in [-0.1, -0.05) is 50.9 Å². The largest absolute Gasteiger partial charge is 0.493 e. The van der Waals surface area contributed by atoms with Crippen LogP contribution in [0.2, 0.25) is 5.02 Å². The first-order valence-corrected chi connectivity index (χ1v) is 15.9. The maximum Gasteiger partial charge on any atom is 0.343 e. The van der Waals surface area contributed by atoms with Crippen molar-refractivity contribution in [3.05, 3.63) is 71.2 Å². The number of aryl methyl sites for hydroxylation is 1. The first kappa shape index (κ1) is 33.1. The molecule has 0 atom stereocenters.